The number of aliphatic hydroxyl groups excluding tert-OH is 1. The zero-order valence-corrected chi connectivity index (χ0v) is 11.2. The Morgan fingerprint density at radius 3 is 2.35 bits per heavy atom. The predicted molar refractivity (Wildman–Crippen MR) is 74.2 cm³/mol. The van der Waals surface area contributed by atoms with E-state index in [1.165, 1.54) is 24.3 Å². The molecule has 1 unspecified atom stereocenters. The SMILES string of the molecule is C[C@@H](NCC(O)c1ccc(F)cc1)c1cccc(F)c1. The number of aliphatic hydroxyl groups is 1. The number of benzene rings is 2. The van der Waals surface area contributed by atoms with Crippen molar-refractivity contribution in [2.45, 2.75) is 19.1 Å². The molecule has 2 N–H and O–H groups in total. The summed E-state index contributed by atoms with van der Waals surface area (Å²) in [6.45, 7) is 2.20. The van der Waals surface area contributed by atoms with Crippen LogP contribution in [0.3, 0.4) is 0 Å². The van der Waals surface area contributed by atoms with E-state index in [-0.39, 0.29) is 17.7 Å². The summed E-state index contributed by atoms with van der Waals surface area (Å²) in [4.78, 5) is 0. The van der Waals surface area contributed by atoms with Crippen LogP contribution in [0.4, 0.5) is 8.78 Å². The molecule has 2 aromatic rings. The molecule has 2 nitrogen and oxygen atoms in total. The topological polar surface area (TPSA) is 32.3 Å². The van der Waals surface area contributed by atoms with E-state index >= 15 is 0 Å². The standard InChI is InChI=1S/C16H17F2NO/c1-11(13-3-2-4-15(18)9-13)19-10-16(20)12-5-7-14(17)8-6-12/h2-9,11,16,19-20H,10H2,1H3/t11-,16?/m1/s1. The van der Waals surface area contributed by atoms with Crippen LogP contribution in [-0.2, 0) is 0 Å². The Labute approximate surface area is 117 Å². The molecule has 0 fully saturated rings. The van der Waals surface area contributed by atoms with Gasteiger partial charge in [0.1, 0.15) is 11.6 Å². The van der Waals surface area contributed by atoms with Gasteiger partial charge in [-0.25, -0.2) is 8.78 Å². The summed E-state index contributed by atoms with van der Waals surface area (Å²) >= 11 is 0. The molecule has 20 heavy (non-hydrogen) atoms. The fourth-order valence-corrected chi connectivity index (χ4v) is 1.98. The highest BCUT2D eigenvalue weighted by atomic mass is 19.1. The third-order valence-corrected chi connectivity index (χ3v) is 3.22. The molecule has 0 aliphatic carbocycles. The first kappa shape index (κ1) is 14.6. The third kappa shape index (κ3) is 3.85. The first-order valence-corrected chi connectivity index (χ1v) is 6.48. The Kier molecular flexibility index (Phi) is 4.82. The van der Waals surface area contributed by atoms with Crippen LogP contribution >= 0.6 is 0 Å². The Bertz CT molecular complexity index is 557. The molecule has 0 saturated carbocycles. The van der Waals surface area contributed by atoms with Gasteiger partial charge in [-0.05, 0) is 42.3 Å². The zero-order valence-electron chi connectivity index (χ0n) is 11.2. The fourth-order valence-electron chi connectivity index (χ4n) is 1.98. The smallest absolute Gasteiger partial charge is 0.123 e. The second-order valence-corrected chi connectivity index (χ2v) is 4.75. The van der Waals surface area contributed by atoms with Gasteiger partial charge in [0.2, 0.25) is 0 Å². The quantitative estimate of drug-likeness (QED) is 0.878. The Morgan fingerprint density at radius 2 is 1.70 bits per heavy atom. The number of hydrogen-bond acceptors (Lipinski definition) is 2. The zero-order chi connectivity index (χ0) is 14.5. The van der Waals surface area contributed by atoms with E-state index in [9.17, 15) is 13.9 Å². The maximum absolute atomic E-state index is 13.1. The molecule has 0 radical (unpaired) electrons. The lowest BCUT2D eigenvalue weighted by Crippen LogP contribution is -2.24. The lowest BCUT2D eigenvalue weighted by atomic mass is 10.1. The van der Waals surface area contributed by atoms with E-state index in [4.69, 9.17) is 0 Å². The van der Waals surface area contributed by atoms with Crippen LogP contribution in [0.5, 0.6) is 0 Å². The second kappa shape index (κ2) is 6.59. The molecule has 0 saturated heterocycles. The molecular weight excluding hydrogens is 260 g/mol. The van der Waals surface area contributed by atoms with E-state index in [1.54, 1.807) is 18.2 Å². The summed E-state index contributed by atoms with van der Waals surface area (Å²) in [5, 5.41) is 13.1. The molecule has 2 rings (SSSR count). The Balaban J connectivity index is 1.93. The van der Waals surface area contributed by atoms with E-state index in [0.29, 0.717) is 12.1 Å². The Morgan fingerprint density at radius 1 is 1.00 bits per heavy atom. The minimum absolute atomic E-state index is 0.0826. The normalized spacial score (nSPS) is 14.0. The third-order valence-electron chi connectivity index (χ3n) is 3.22. The van der Waals surface area contributed by atoms with Crippen LogP contribution in [-0.4, -0.2) is 11.7 Å². The van der Waals surface area contributed by atoms with Gasteiger partial charge >= 0.3 is 0 Å². The van der Waals surface area contributed by atoms with Crippen molar-refractivity contribution in [2.75, 3.05) is 6.54 Å². The minimum atomic E-state index is -0.730. The Hall–Kier alpha value is -1.78. The molecule has 2 atom stereocenters. The highest BCUT2D eigenvalue weighted by Gasteiger charge is 2.11. The number of nitrogens with one attached hydrogen (secondary N) is 1. The molecule has 0 aromatic heterocycles. The van der Waals surface area contributed by atoms with Crippen LogP contribution in [0, 0.1) is 11.6 Å². The van der Waals surface area contributed by atoms with E-state index in [0.717, 1.165) is 5.56 Å². The van der Waals surface area contributed by atoms with Gasteiger partial charge < -0.3 is 10.4 Å². The van der Waals surface area contributed by atoms with Gasteiger partial charge in [0.25, 0.3) is 0 Å². The van der Waals surface area contributed by atoms with Crippen molar-refractivity contribution in [3.8, 4) is 0 Å². The minimum Gasteiger partial charge on any atom is -0.387 e. The van der Waals surface area contributed by atoms with E-state index < -0.39 is 6.10 Å². The molecular formula is C16H17F2NO. The number of hydrogen-bond donors (Lipinski definition) is 2. The van der Waals surface area contributed by atoms with Crippen LogP contribution in [0.1, 0.15) is 30.2 Å². The molecule has 4 heteroatoms. The van der Waals surface area contributed by atoms with Crippen molar-refractivity contribution in [1.82, 2.24) is 5.32 Å². The van der Waals surface area contributed by atoms with Crippen LogP contribution in [0.15, 0.2) is 48.5 Å². The molecule has 0 bridgehead atoms. The molecule has 0 heterocycles. The molecule has 0 amide bonds. The summed E-state index contributed by atoms with van der Waals surface area (Å²) in [6, 6.07) is 12.0. The first-order valence-electron chi connectivity index (χ1n) is 6.48. The summed E-state index contributed by atoms with van der Waals surface area (Å²) in [7, 11) is 0. The number of rotatable bonds is 5. The van der Waals surface area contributed by atoms with Crippen molar-refractivity contribution in [1.29, 1.82) is 0 Å². The van der Waals surface area contributed by atoms with Crippen molar-refractivity contribution in [2.24, 2.45) is 0 Å². The van der Waals surface area contributed by atoms with Crippen LogP contribution < -0.4 is 5.32 Å². The van der Waals surface area contributed by atoms with Crippen molar-refractivity contribution in [3.05, 3.63) is 71.3 Å². The molecule has 2 aromatic carbocycles. The molecule has 106 valence electrons. The summed E-state index contributed by atoms with van der Waals surface area (Å²) in [6.07, 6.45) is -0.730. The van der Waals surface area contributed by atoms with Gasteiger partial charge in [0.05, 0.1) is 6.10 Å². The maximum atomic E-state index is 13.1. The summed E-state index contributed by atoms with van der Waals surface area (Å²) in [5.74, 6) is -0.614. The van der Waals surface area contributed by atoms with Gasteiger partial charge in [-0.15, -0.1) is 0 Å². The van der Waals surface area contributed by atoms with Crippen LogP contribution in [0.25, 0.3) is 0 Å². The monoisotopic (exact) mass is 277 g/mol. The number of halogens is 2. The highest BCUT2D eigenvalue weighted by Crippen LogP contribution is 2.16. The second-order valence-electron chi connectivity index (χ2n) is 4.75. The van der Waals surface area contributed by atoms with Crippen molar-refractivity contribution in [3.63, 3.8) is 0 Å². The highest BCUT2D eigenvalue weighted by molar-refractivity contribution is 5.21. The van der Waals surface area contributed by atoms with Gasteiger partial charge in [-0.2, -0.15) is 0 Å². The maximum Gasteiger partial charge on any atom is 0.123 e. The van der Waals surface area contributed by atoms with Crippen molar-refractivity contribution < 1.29 is 13.9 Å². The fraction of sp³-hybridized carbons (Fsp3) is 0.250. The lowest BCUT2D eigenvalue weighted by molar-refractivity contribution is 0.170. The van der Waals surface area contributed by atoms with E-state index in [1.807, 2.05) is 13.0 Å². The first-order chi connectivity index (χ1) is 9.56. The largest absolute Gasteiger partial charge is 0.387 e. The van der Waals surface area contributed by atoms with Gasteiger partial charge in [0.15, 0.2) is 0 Å². The van der Waals surface area contributed by atoms with Crippen molar-refractivity contribution >= 4 is 0 Å². The lowest BCUT2D eigenvalue weighted by Gasteiger charge is -2.18. The summed E-state index contributed by atoms with van der Waals surface area (Å²) < 4.78 is 25.9. The average molecular weight is 277 g/mol. The van der Waals surface area contributed by atoms with E-state index in [2.05, 4.69) is 5.32 Å². The molecule has 0 aliphatic rings. The average Bonchev–Trinajstić information content (AvgIpc) is 2.45. The van der Waals surface area contributed by atoms with Gasteiger partial charge in [-0.1, -0.05) is 24.3 Å². The van der Waals surface area contributed by atoms with Gasteiger partial charge in [0, 0.05) is 12.6 Å². The molecule has 0 spiro atoms. The van der Waals surface area contributed by atoms with Crippen LogP contribution in [0.2, 0.25) is 0 Å². The predicted octanol–water partition coefficient (Wildman–Crippen LogP) is 3.35. The summed E-state index contributed by atoms with van der Waals surface area (Å²) in [5.41, 5.74) is 1.46. The molecule has 0 aliphatic heterocycles. The van der Waals surface area contributed by atoms with Gasteiger partial charge in [-0.3, -0.25) is 0 Å².